The third-order valence-corrected chi connectivity index (χ3v) is 3.91. The Morgan fingerprint density at radius 2 is 1.65 bits per heavy atom. The minimum absolute atomic E-state index is 0.890. The third kappa shape index (κ3) is 6.15. The first kappa shape index (κ1) is 18.8. The van der Waals surface area contributed by atoms with Gasteiger partial charge in [0.25, 0.3) is 0 Å². The van der Waals surface area contributed by atoms with E-state index in [0.29, 0.717) is 0 Å². The highest BCUT2D eigenvalue weighted by Gasteiger charge is 2.00. The SMILES string of the molecule is C=C(\C=C(C)/C(=C\C)/C=C(C)/C(C)=C/C)Nc1cccc(C)c1. The summed E-state index contributed by atoms with van der Waals surface area (Å²) in [5, 5.41) is 3.35. The quantitative estimate of drug-likeness (QED) is 0.575. The largest absolute Gasteiger partial charge is 0.356 e. The van der Waals surface area contributed by atoms with Gasteiger partial charge in [-0.15, -0.1) is 0 Å². The van der Waals surface area contributed by atoms with Crippen LogP contribution in [0.4, 0.5) is 5.69 Å². The molecule has 1 heteroatoms. The summed E-state index contributed by atoms with van der Waals surface area (Å²) >= 11 is 0. The van der Waals surface area contributed by atoms with Crippen LogP contribution in [0.1, 0.15) is 40.2 Å². The second-order valence-corrected chi connectivity index (χ2v) is 5.89. The Hall–Kier alpha value is -2.28. The molecule has 0 heterocycles. The molecule has 0 aliphatic carbocycles. The summed E-state index contributed by atoms with van der Waals surface area (Å²) in [4.78, 5) is 0. The number of nitrogens with one attached hydrogen (secondary N) is 1. The molecule has 0 aliphatic rings. The predicted molar refractivity (Wildman–Crippen MR) is 105 cm³/mol. The van der Waals surface area contributed by atoms with Gasteiger partial charge in [-0.1, -0.05) is 42.5 Å². The van der Waals surface area contributed by atoms with Crippen molar-refractivity contribution in [2.75, 3.05) is 5.32 Å². The fourth-order valence-electron chi connectivity index (χ4n) is 2.29. The molecule has 1 aromatic rings. The maximum absolute atomic E-state index is 4.12. The second-order valence-electron chi connectivity index (χ2n) is 5.89. The highest BCUT2D eigenvalue weighted by atomic mass is 14.9. The Bertz CT molecular complexity index is 682. The first-order valence-corrected chi connectivity index (χ1v) is 8.06. The van der Waals surface area contributed by atoms with Crippen molar-refractivity contribution in [3.05, 3.63) is 88.7 Å². The lowest BCUT2D eigenvalue weighted by atomic mass is 10.0. The van der Waals surface area contributed by atoms with Crippen LogP contribution in [0.15, 0.2) is 83.1 Å². The van der Waals surface area contributed by atoms with Gasteiger partial charge in [0.05, 0.1) is 0 Å². The van der Waals surface area contributed by atoms with Crippen molar-refractivity contribution in [1.29, 1.82) is 0 Å². The Labute approximate surface area is 141 Å². The monoisotopic (exact) mass is 307 g/mol. The third-order valence-electron chi connectivity index (χ3n) is 3.91. The van der Waals surface area contributed by atoms with Crippen molar-refractivity contribution >= 4 is 5.69 Å². The normalized spacial score (nSPS) is 14.0. The number of hydrogen-bond donors (Lipinski definition) is 1. The molecule has 0 bridgehead atoms. The van der Waals surface area contributed by atoms with Crippen LogP contribution >= 0.6 is 0 Å². The summed E-state index contributed by atoms with van der Waals surface area (Å²) in [6, 6.07) is 8.30. The summed E-state index contributed by atoms with van der Waals surface area (Å²) in [6.45, 7) is 16.7. The van der Waals surface area contributed by atoms with Gasteiger partial charge in [-0.2, -0.15) is 0 Å². The van der Waals surface area contributed by atoms with E-state index in [1.54, 1.807) is 0 Å². The van der Waals surface area contributed by atoms with Crippen LogP contribution in [0.2, 0.25) is 0 Å². The van der Waals surface area contributed by atoms with Crippen molar-refractivity contribution in [3.8, 4) is 0 Å². The summed E-state index contributed by atoms with van der Waals surface area (Å²) in [7, 11) is 0. The summed E-state index contributed by atoms with van der Waals surface area (Å²) < 4.78 is 0. The number of hydrogen-bond acceptors (Lipinski definition) is 1. The molecule has 1 nitrogen and oxygen atoms in total. The second kappa shape index (κ2) is 8.99. The minimum atomic E-state index is 0.890. The van der Waals surface area contributed by atoms with Crippen molar-refractivity contribution in [3.63, 3.8) is 0 Å². The molecular formula is C22H29N. The van der Waals surface area contributed by atoms with E-state index >= 15 is 0 Å². The van der Waals surface area contributed by atoms with Gasteiger partial charge < -0.3 is 5.32 Å². The molecule has 0 fully saturated rings. The van der Waals surface area contributed by atoms with Gasteiger partial charge >= 0.3 is 0 Å². The van der Waals surface area contributed by atoms with Gasteiger partial charge in [0, 0.05) is 11.4 Å². The first-order chi connectivity index (χ1) is 10.9. The lowest BCUT2D eigenvalue weighted by molar-refractivity contribution is 1.29. The number of rotatable bonds is 6. The van der Waals surface area contributed by atoms with Crippen LogP contribution in [0.25, 0.3) is 0 Å². The Kier molecular flexibility index (Phi) is 7.34. The molecule has 0 atom stereocenters. The highest BCUT2D eigenvalue weighted by Crippen LogP contribution is 2.19. The molecule has 0 spiro atoms. The average Bonchev–Trinajstić information content (AvgIpc) is 2.51. The van der Waals surface area contributed by atoms with Gasteiger partial charge in [-0.05, 0) is 82.0 Å². The molecular weight excluding hydrogens is 278 g/mol. The summed E-state index contributed by atoms with van der Waals surface area (Å²) in [5.41, 5.74) is 8.19. The predicted octanol–water partition coefficient (Wildman–Crippen LogP) is 6.73. The van der Waals surface area contributed by atoms with Gasteiger partial charge in [0.1, 0.15) is 0 Å². The van der Waals surface area contributed by atoms with E-state index in [1.807, 2.05) is 6.07 Å². The number of aryl methyl sites for hydroxylation is 1. The van der Waals surface area contributed by atoms with Gasteiger partial charge in [-0.3, -0.25) is 0 Å². The van der Waals surface area contributed by atoms with Gasteiger partial charge in [0.2, 0.25) is 0 Å². The lowest BCUT2D eigenvalue weighted by Crippen LogP contribution is -1.97. The van der Waals surface area contributed by atoms with Crippen LogP contribution in [0.5, 0.6) is 0 Å². The minimum Gasteiger partial charge on any atom is -0.356 e. The van der Waals surface area contributed by atoms with Crippen LogP contribution in [-0.4, -0.2) is 0 Å². The topological polar surface area (TPSA) is 12.0 Å². The maximum Gasteiger partial charge on any atom is 0.0386 e. The van der Waals surface area contributed by atoms with Crippen LogP contribution < -0.4 is 5.32 Å². The molecule has 0 unspecified atom stereocenters. The number of allylic oxidation sites excluding steroid dienone is 8. The van der Waals surface area contributed by atoms with Gasteiger partial charge in [0.15, 0.2) is 0 Å². The van der Waals surface area contributed by atoms with Gasteiger partial charge in [-0.25, -0.2) is 0 Å². The van der Waals surface area contributed by atoms with E-state index in [4.69, 9.17) is 0 Å². The standard InChI is InChI=1S/C22H29N/c1-8-17(4)18(5)15-21(9-2)19(6)14-20(7)23-22-12-10-11-16(3)13-22/h8-15,23H,7H2,1-6H3/b17-8+,18-15+,19-14-,21-9-. The molecule has 0 saturated carbocycles. The van der Waals surface area contributed by atoms with Crippen molar-refractivity contribution in [2.24, 2.45) is 0 Å². The Morgan fingerprint density at radius 3 is 2.22 bits per heavy atom. The molecule has 122 valence electrons. The average molecular weight is 307 g/mol. The van der Waals surface area contributed by atoms with E-state index in [1.165, 1.54) is 27.9 Å². The molecule has 1 aromatic carbocycles. The van der Waals surface area contributed by atoms with Crippen LogP contribution in [0.3, 0.4) is 0 Å². The summed E-state index contributed by atoms with van der Waals surface area (Å²) in [5.74, 6) is 0. The van der Waals surface area contributed by atoms with E-state index in [9.17, 15) is 0 Å². The fraction of sp³-hybridized carbons (Fsp3) is 0.273. The molecule has 0 aromatic heterocycles. The van der Waals surface area contributed by atoms with E-state index in [2.05, 4.69) is 95.9 Å². The Balaban J connectivity index is 2.91. The van der Waals surface area contributed by atoms with Crippen molar-refractivity contribution in [1.82, 2.24) is 0 Å². The zero-order valence-corrected chi connectivity index (χ0v) is 15.3. The maximum atomic E-state index is 4.12. The van der Waals surface area contributed by atoms with E-state index in [0.717, 1.165) is 11.4 Å². The lowest BCUT2D eigenvalue weighted by Gasteiger charge is -2.10. The first-order valence-electron chi connectivity index (χ1n) is 8.06. The van der Waals surface area contributed by atoms with E-state index in [-0.39, 0.29) is 0 Å². The Morgan fingerprint density at radius 1 is 0.957 bits per heavy atom. The number of anilines is 1. The molecule has 0 amide bonds. The molecule has 0 aliphatic heterocycles. The fourth-order valence-corrected chi connectivity index (χ4v) is 2.29. The molecule has 1 N–H and O–H groups in total. The van der Waals surface area contributed by atoms with Crippen LogP contribution in [0, 0.1) is 6.92 Å². The van der Waals surface area contributed by atoms with E-state index < -0.39 is 0 Å². The number of benzene rings is 1. The highest BCUT2D eigenvalue weighted by molar-refractivity contribution is 5.54. The van der Waals surface area contributed by atoms with Crippen molar-refractivity contribution in [2.45, 2.75) is 41.5 Å². The summed E-state index contributed by atoms with van der Waals surface area (Å²) in [6.07, 6.45) is 8.59. The molecule has 0 radical (unpaired) electrons. The molecule has 23 heavy (non-hydrogen) atoms. The molecule has 1 rings (SSSR count). The molecule has 0 saturated heterocycles. The zero-order chi connectivity index (χ0) is 17.4. The van der Waals surface area contributed by atoms with Crippen LogP contribution in [-0.2, 0) is 0 Å². The zero-order valence-electron chi connectivity index (χ0n) is 15.3. The van der Waals surface area contributed by atoms with Crippen molar-refractivity contribution < 1.29 is 0 Å². The smallest absolute Gasteiger partial charge is 0.0386 e.